The number of carboxylic acids is 2. The van der Waals surface area contributed by atoms with E-state index >= 15 is 0 Å². The van der Waals surface area contributed by atoms with Gasteiger partial charge in [-0.25, -0.2) is 14.0 Å². The van der Waals surface area contributed by atoms with Crippen LogP contribution in [0.15, 0.2) is 30.3 Å². The number of aromatic hydroxyl groups is 1. The zero-order valence-electron chi connectivity index (χ0n) is 28.2. The zero-order valence-corrected chi connectivity index (χ0v) is 29.0. The number of amides is 2. The van der Waals surface area contributed by atoms with Crippen LogP contribution in [0.5, 0.6) is 11.5 Å². The number of carbonyl (C=O) groups excluding carboxylic acids is 2. The maximum absolute atomic E-state index is 14.1. The molecule has 2 aromatic carbocycles. The number of phenolic OH excluding ortho intramolecular Hbond substituents is 1. The Bertz CT molecular complexity index is 1520. The van der Waals surface area contributed by atoms with Gasteiger partial charge in [0.15, 0.2) is 12.4 Å². The molecule has 0 aromatic heterocycles. The maximum Gasteiger partial charge on any atom is 0.490 e. The molecule has 12 nitrogen and oxygen atoms in total. The monoisotopic (exact) mass is 788 g/mol. The van der Waals surface area contributed by atoms with Crippen LogP contribution in [0.4, 0.5) is 36.4 Å². The number of nitrogens with one attached hydrogen (secondary N) is 3. The molecule has 53 heavy (non-hydrogen) atoms. The Hall–Kier alpha value is -4.36. The van der Waals surface area contributed by atoms with Gasteiger partial charge >= 0.3 is 24.3 Å². The van der Waals surface area contributed by atoms with Crippen molar-refractivity contribution in [3.8, 4) is 11.5 Å². The highest BCUT2D eigenvalue weighted by Crippen LogP contribution is 2.39. The molecule has 2 aliphatic rings. The summed E-state index contributed by atoms with van der Waals surface area (Å²) in [5, 5.41) is 33.8. The van der Waals surface area contributed by atoms with Crippen LogP contribution in [-0.4, -0.2) is 102 Å². The van der Waals surface area contributed by atoms with Crippen molar-refractivity contribution >= 4 is 41.0 Å². The van der Waals surface area contributed by atoms with Crippen molar-refractivity contribution in [3.05, 3.63) is 52.3 Å². The van der Waals surface area contributed by atoms with Crippen LogP contribution < -0.4 is 20.7 Å². The first-order chi connectivity index (χ1) is 24.8. The zero-order chi connectivity index (χ0) is 39.8. The molecule has 296 valence electrons. The Kier molecular flexibility index (Phi) is 18.1. The smallest absolute Gasteiger partial charge is 0.490 e. The SMILES string of the molecule is O=C(O)C(F)(F)F.O=C(O)C(F)(F)F.O=C1COc2c(CCNCCN(C(=O)CCNCCc3cccc(Cl)c3F)C3CCCCC3)ccc(O)c2N1. The van der Waals surface area contributed by atoms with Gasteiger partial charge in [-0.05, 0) is 62.0 Å². The fourth-order valence-corrected chi connectivity index (χ4v) is 5.48. The topological polar surface area (TPSA) is 178 Å². The van der Waals surface area contributed by atoms with Crippen LogP contribution in [0.1, 0.15) is 49.7 Å². The first kappa shape index (κ1) is 44.8. The molecule has 1 aliphatic heterocycles. The van der Waals surface area contributed by atoms with Crippen LogP contribution in [0.2, 0.25) is 5.02 Å². The predicted octanol–water partition coefficient (Wildman–Crippen LogP) is 5.30. The molecule has 0 saturated heterocycles. The number of rotatable bonds is 13. The van der Waals surface area contributed by atoms with E-state index in [0.717, 1.165) is 31.2 Å². The number of hydrogen-bond donors (Lipinski definition) is 6. The molecule has 2 aromatic rings. The van der Waals surface area contributed by atoms with Crippen molar-refractivity contribution < 1.29 is 70.0 Å². The van der Waals surface area contributed by atoms with Gasteiger partial charge in [-0.15, -0.1) is 0 Å². The molecular formula is C33H40ClF7N4O8. The van der Waals surface area contributed by atoms with Gasteiger partial charge in [0.1, 0.15) is 17.3 Å². The molecule has 20 heteroatoms. The Morgan fingerprint density at radius 2 is 1.43 bits per heavy atom. The molecule has 1 aliphatic carbocycles. The number of phenols is 1. The fourth-order valence-electron chi connectivity index (χ4n) is 5.29. The van der Waals surface area contributed by atoms with E-state index < -0.39 is 24.3 Å². The summed E-state index contributed by atoms with van der Waals surface area (Å²) < 4.78 is 83.1. The summed E-state index contributed by atoms with van der Waals surface area (Å²) in [6.45, 7) is 3.02. The summed E-state index contributed by atoms with van der Waals surface area (Å²) in [6, 6.07) is 8.65. The normalized spacial score (nSPS) is 14.3. The van der Waals surface area contributed by atoms with Gasteiger partial charge in [-0.1, -0.05) is 49.1 Å². The van der Waals surface area contributed by atoms with Crippen LogP contribution in [0.3, 0.4) is 0 Å². The number of benzene rings is 2. The average molecular weight is 789 g/mol. The minimum Gasteiger partial charge on any atom is -0.506 e. The van der Waals surface area contributed by atoms with E-state index in [1.54, 1.807) is 24.3 Å². The standard InChI is InChI=1S/C29H38ClFN4O4.2C2HF3O2/c30-23-8-4-5-20(27(23)31)11-14-32-16-13-26(38)35(22-6-2-1-3-7-22)18-17-33-15-12-21-9-10-24(36)28-29(21)39-19-25(37)34-28;2*3-2(4,5)1(6)7/h4-5,8-10,22,32-33,36H,1-3,6-7,11-19H2,(H,34,37);2*(H,6,7). The van der Waals surface area contributed by atoms with Gasteiger partial charge < -0.3 is 40.9 Å². The molecular weight excluding hydrogens is 749 g/mol. The number of hydrogen-bond acceptors (Lipinski definition) is 8. The van der Waals surface area contributed by atoms with Crippen molar-refractivity contribution in [2.24, 2.45) is 0 Å². The molecule has 2 amide bonds. The number of nitrogens with zero attached hydrogens (tertiary/aromatic N) is 1. The number of ether oxygens (including phenoxy) is 1. The number of carbonyl (C=O) groups is 4. The maximum atomic E-state index is 14.1. The summed E-state index contributed by atoms with van der Waals surface area (Å²) in [5.74, 6) is -5.53. The summed E-state index contributed by atoms with van der Waals surface area (Å²) in [5.41, 5.74) is 1.80. The highest BCUT2D eigenvalue weighted by atomic mass is 35.5. The van der Waals surface area contributed by atoms with E-state index in [4.69, 9.17) is 36.1 Å². The largest absolute Gasteiger partial charge is 0.506 e. The number of aliphatic carboxylic acids is 2. The van der Waals surface area contributed by atoms with Crippen LogP contribution >= 0.6 is 11.6 Å². The van der Waals surface area contributed by atoms with Crippen LogP contribution in [-0.2, 0) is 32.0 Å². The van der Waals surface area contributed by atoms with Gasteiger partial charge in [0.05, 0.1) is 5.02 Å². The summed E-state index contributed by atoms with van der Waals surface area (Å²) in [7, 11) is 0. The van der Waals surface area contributed by atoms with E-state index in [1.165, 1.54) is 12.5 Å². The van der Waals surface area contributed by atoms with Crippen molar-refractivity contribution in [1.82, 2.24) is 15.5 Å². The van der Waals surface area contributed by atoms with Gasteiger partial charge in [0, 0.05) is 32.1 Å². The Labute approximate surface area is 304 Å². The van der Waals surface area contributed by atoms with Gasteiger partial charge in [0.25, 0.3) is 5.91 Å². The van der Waals surface area contributed by atoms with E-state index in [1.807, 2.05) is 4.90 Å². The Morgan fingerprint density at radius 3 is 2.02 bits per heavy atom. The minimum atomic E-state index is -5.08. The molecule has 1 heterocycles. The second-order valence-electron chi connectivity index (χ2n) is 11.7. The average Bonchev–Trinajstić information content (AvgIpc) is 3.09. The third-order valence-corrected chi connectivity index (χ3v) is 8.16. The van der Waals surface area contributed by atoms with Crippen molar-refractivity contribution in [2.75, 3.05) is 44.6 Å². The lowest BCUT2D eigenvalue weighted by Crippen LogP contribution is -2.45. The van der Waals surface area contributed by atoms with E-state index in [0.29, 0.717) is 69.0 Å². The Balaban J connectivity index is 0.000000587. The molecule has 0 spiro atoms. The van der Waals surface area contributed by atoms with E-state index in [9.17, 15) is 45.4 Å². The first-order valence-corrected chi connectivity index (χ1v) is 16.7. The lowest BCUT2D eigenvalue weighted by molar-refractivity contribution is -0.193. The lowest BCUT2D eigenvalue weighted by Gasteiger charge is -2.34. The first-order valence-electron chi connectivity index (χ1n) is 16.3. The number of alkyl halides is 6. The summed E-state index contributed by atoms with van der Waals surface area (Å²) in [6.07, 6.45) is -3.01. The van der Waals surface area contributed by atoms with Crippen molar-refractivity contribution in [3.63, 3.8) is 0 Å². The number of halogens is 8. The van der Waals surface area contributed by atoms with Gasteiger partial charge in [0.2, 0.25) is 5.91 Å². The van der Waals surface area contributed by atoms with Crippen LogP contribution in [0.25, 0.3) is 0 Å². The lowest BCUT2D eigenvalue weighted by atomic mass is 9.94. The molecule has 0 unspecified atom stereocenters. The second kappa shape index (κ2) is 21.4. The molecule has 0 atom stereocenters. The summed E-state index contributed by atoms with van der Waals surface area (Å²) in [4.78, 5) is 44.6. The van der Waals surface area contributed by atoms with Gasteiger partial charge in [-0.3, -0.25) is 9.59 Å². The number of carboxylic acid groups (broad SMARTS) is 2. The molecule has 0 bridgehead atoms. The molecule has 1 fully saturated rings. The summed E-state index contributed by atoms with van der Waals surface area (Å²) >= 11 is 5.86. The molecule has 4 rings (SSSR count). The number of anilines is 1. The third-order valence-electron chi connectivity index (χ3n) is 7.87. The van der Waals surface area contributed by atoms with E-state index in [-0.39, 0.29) is 41.1 Å². The molecule has 0 radical (unpaired) electrons. The van der Waals surface area contributed by atoms with Crippen LogP contribution in [0, 0.1) is 5.82 Å². The predicted molar refractivity (Wildman–Crippen MR) is 177 cm³/mol. The highest BCUT2D eigenvalue weighted by molar-refractivity contribution is 6.30. The third kappa shape index (κ3) is 15.6. The second-order valence-corrected chi connectivity index (χ2v) is 12.1. The molecule has 1 saturated carbocycles. The Morgan fingerprint density at radius 1 is 0.868 bits per heavy atom. The van der Waals surface area contributed by atoms with Crippen molar-refractivity contribution in [2.45, 2.75) is 69.8 Å². The fraction of sp³-hybridized carbons (Fsp3) is 0.515. The van der Waals surface area contributed by atoms with E-state index in [2.05, 4.69) is 16.0 Å². The van der Waals surface area contributed by atoms with Crippen molar-refractivity contribution in [1.29, 1.82) is 0 Å². The quantitative estimate of drug-likeness (QED) is 0.0888. The minimum absolute atomic E-state index is 0.0116. The molecule has 6 N–H and O–H groups in total. The number of fused-ring (bicyclic) bond motifs is 1. The van der Waals surface area contributed by atoms with Gasteiger partial charge in [-0.2, -0.15) is 26.3 Å². The highest BCUT2D eigenvalue weighted by Gasteiger charge is 2.39.